The Labute approximate surface area is 218 Å². The molecule has 7 nitrogen and oxygen atoms in total. The Morgan fingerprint density at radius 2 is 1.65 bits per heavy atom. The first-order chi connectivity index (χ1) is 18.1. The van der Waals surface area contributed by atoms with Crippen molar-refractivity contribution in [2.24, 2.45) is 0 Å². The molecule has 0 saturated carbocycles. The molecule has 0 radical (unpaired) electrons. The van der Waals surface area contributed by atoms with Crippen molar-refractivity contribution < 1.29 is 18.8 Å². The number of para-hydroxylation sites is 1. The van der Waals surface area contributed by atoms with Crippen LogP contribution in [0.3, 0.4) is 0 Å². The normalized spacial score (nSPS) is 15.0. The maximum Gasteiger partial charge on any atom is 0.255 e. The van der Waals surface area contributed by atoms with Crippen molar-refractivity contribution in [2.45, 2.75) is 18.5 Å². The third kappa shape index (κ3) is 5.76. The summed E-state index contributed by atoms with van der Waals surface area (Å²) in [6, 6.07) is 27.4. The molecular weight excluding hydrogens is 486 g/mol. The predicted octanol–water partition coefficient (Wildman–Crippen LogP) is 5.24. The number of hydrogen-bond donors (Lipinski definition) is 2. The second kappa shape index (κ2) is 11.2. The van der Waals surface area contributed by atoms with Gasteiger partial charge < -0.3 is 20.0 Å². The average Bonchev–Trinajstić information content (AvgIpc) is 3.58. The minimum absolute atomic E-state index is 0.0513. The first kappa shape index (κ1) is 24.4. The van der Waals surface area contributed by atoms with Crippen LogP contribution in [0.2, 0.25) is 0 Å². The van der Waals surface area contributed by atoms with Crippen LogP contribution >= 0.6 is 11.8 Å². The Bertz CT molecular complexity index is 1390. The summed E-state index contributed by atoms with van der Waals surface area (Å²) in [5.74, 6) is 0.585. The van der Waals surface area contributed by atoms with Gasteiger partial charge in [-0.25, -0.2) is 0 Å². The fourth-order valence-electron chi connectivity index (χ4n) is 4.13. The van der Waals surface area contributed by atoms with E-state index in [-0.39, 0.29) is 23.1 Å². The number of amides is 3. The number of nitrogens with one attached hydrogen (secondary N) is 2. The molecule has 37 heavy (non-hydrogen) atoms. The average molecular weight is 512 g/mol. The minimum Gasteiger partial charge on any atom is -0.467 e. The van der Waals surface area contributed by atoms with Crippen LogP contribution in [-0.4, -0.2) is 28.4 Å². The van der Waals surface area contributed by atoms with Gasteiger partial charge in [0.05, 0.1) is 29.8 Å². The van der Waals surface area contributed by atoms with Gasteiger partial charge in [-0.15, -0.1) is 11.8 Å². The summed E-state index contributed by atoms with van der Waals surface area (Å²) >= 11 is 1.55. The Morgan fingerprint density at radius 3 is 2.41 bits per heavy atom. The Morgan fingerprint density at radius 1 is 0.892 bits per heavy atom. The van der Waals surface area contributed by atoms with Gasteiger partial charge in [0.15, 0.2) is 0 Å². The molecule has 5 rings (SSSR count). The highest BCUT2D eigenvalue weighted by atomic mass is 32.2. The summed E-state index contributed by atoms with van der Waals surface area (Å²) < 4.78 is 5.41. The Hall–Kier alpha value is -4.30. The van der Waals surface area contributed by atoms with Crippen LogP contribution in [0.1, 0.15) is 43.0 Å². The van der Waals surface area contributed by atoms with Gasteiger partial charge in [-0.05, 0) is 47.5 Å². The molecule has 1 fully saturated rings. The number of furan rings is 1. The number of thioether (sulfide) groups is 1. The van der Waals surface area contributed by atoms with Crippen molar-refractivity contribution in [2.75, 3.05) is 11.1 Å². The number of rotatable bonds is 8. The lowest BCUT2D eigenvalue weighted by Gasteiger charge is -2.23. The van der Waals surface area contributed by atoms with E-state index in [1.54, 1.807) is 65.4 Å². The Kier molecular flexibility index (Phi) is 7.37. The van der Waals surface area contributed by atoms with Crippen molar-refractivity contribution in [3.63, 3.8) is 0 Å². The standard InChI is InChI=1S/C29H25N3O4S/c33-26-19-37-29(32(26)18-23-9-6-16-36-23)22-14-12-21(13-15-22)27(34)31-25-11-5-4-10-24(25)28(35)30-17-20-7-2-1-3-8-20/h1-16,29H,17-19H2,(H,30,35)(H,31,34)/t29-/m0/s1. The van der Waals surface area contributed by atoms with Crippen molar-refractivity contribution in [3.05, 3.63) is 125 Å². The molecule has 186 valence electrons. The van der Waals surface area contributed by atoms with Crippen molar-refractivity contribution >= 4 is 35.2 Å². The van der Waals surface area contributed by atoms with Gasteiger partial charge in [-0.2, -0.15) is 0 Å². The molecule has 8 heteroatoms. The highest BCUT2D eigenvalue weighted by Gasteiger charge is 2.33. The van der Waals surface area contributed by atoms with Gasteiger partial charge in [0.2, 0.25) is 5.91 Å². The van der Waals surface area contributed by atoms with Gasteiger partial charge in [0, 0.05) is 12.1 Å². The zero-order valence-corrected chi connectivity index (χ0v) is 20.7. The summed E-state index contributed by atoms with van der Waals surface area (Å²) in [5, 5.41) is 5.61. The molecule has 4 aromatic rings. The summed E-state index contributed by atoms with van der Waals surface area (Å²) in [6.45, 7) is 0.789. The number of anilines is 1. The maximum absolute atomic E-state index is 13.0. The highest BCUT2D eigenvalue weighted by molar-refractivity contribution is 8.00. The van der Waals surface area contributed by atoms with Gasteiger partial charge in [0.1, 0.15) is 11.1 Å². The molecule has 0 bridgehead atoms. The van der Waals surface area contributed by atoms with Crippen molar-refractivity contribution in [1.29, 1.82) is 0 Å². The van der Waals surface area contributed by atoms with E-state index in [2.05, 4.69) is 10.6 Å². The molecule has 3 aromatic carbocycles. The van der Waals surface area contributed by atoms with E-state index in [0.29, 0.717) is 35.7 Å². The van der Waals surface area contributed by atoms with Crippen molar-refractivity contribution in [3.8, 4) is 0 Å². The summed E-state index contributed by atoms with van der Waals surface area (Å²) in [5.41, 5.74) is 3.19. The smallest absolute Gasteiger partial charge is 0.255 e. The summed E-state index contributed by atoms with van der Waals surface area (Å²) in [7, 11) is 0. The zero-order valence-electron chi connectivity index (χ0n) is 19.9. The molecule has 1 aliphatic heterocycles. The first-order valence-electron chi connectivity index (χ1n) is 11.8. The molecule has 1 aliphatic rings. The molecule has 0 aliphatic carbocycles. The molecule has 2 heterocycles. The van der Waals surface area contributed by atoms with Gasteiger partial charge >= 0.3 is 0 Å². The topological polar surface area (TPSA) is 91.7 Å². The van der Waals surface area contributed by atoms with E-state index in [4.69, 9.17) is 4.42 Å². The van der Waals surface area contributed by atoms with Gasteiger partial charge in [-0.1, -0.05) is 54.6 Å². The fourth-order valence-corrected chi connectivity index (χ4v) is 5.32. The monoisotopic (exact) mass is 511 g/mol. The van der Waals surface area contributed by atoms with Crippen LogP contribution in [0.15, 0.2) is 102 Å². The van der Waals surface area contributed by atoms with Crippen LogP contribution in [0.25, 0.3) is 0 Å². The molecule has 2 N–H and O–H groups in total. The van der Waals surface area contributed by atoms with E-state index < -0.39 is 0 Å². The third-order valence-electron chi connectivity index (χ3n) is 6.05. The fraction of sp³-hybridized carbons (Fsp3) is 0.138. The van der Waals surface area contributed by atoms with Gasteiger partial charge in [-0.3, -0.25) is 14.4 Å². The van der Waals surface area contributed by atoms with Gasteiger partial charge in [0.25, 0.3) is 11.8 Å². The first-order valence-corrected chi connectivity index (χ1v) is 12.9. The van der Waals surface area contributed by atoms with Crippen LogP contribution in [0.4, 0.5) is 5.69 Å². The highest BCUT2D eigenvalue weighted by Crippen LogP contribution is 2.39. The minimum atomic E-state index is -0.322. The van der Waals surface area contributed by atoms with Crippen LogP contribution in [-0.2, 0) is 17.9 Å². The Balaban J connectivity index is 1.25. The maximum atomic E-state index is 13.0. The molecule has 1 saturated heterocycles. The SMILES string of the molecule is O=C(Nc1ccccc1C(=O)NCc1ccccc1)c1ccc([C@@H]2SCC(=O)N2Cc2ccco2)cc1. The van der Waals surface area contributed by atoms with E-state index in [1.165, 1.54) is 0 Å². The number of nitrogens with zero attached hydrogens (tertiary/aromatic N) is 1. The number of benzene rings is 3. The summed E-state index contributed by atoms with van der Waals surface area (Å²) in [4.78, 5) is 40.0. The summed E-state index contributed by atoms with van der Waals surface area (Å²) in [6.07, 6.45) is 1.59. The second-order valence-corrected chi connectivity index (χ2v) is 9.62. The predicted molar refractivity (Wildman–Crippen MR) is 143 cm³/mol. The van der Waals surface area contributed by atoms with E-state index in [0.717, 1.165) is 16.9 Å². The van der Waals surface area contributed by atoms with E-state index in [9.17, 15) is 14.4 Å². The number of hydrogen-bond acceptors (Lipinski definition) is 5. The quantitative estimate of drug-likeness (QED) is 0.338. The molecule has 1 atom stereocenters. The van der Waals surface area contributed by atoms with E-state index in [1.807, 2.05) is 48.5 Å². The lowest BCUT2D eigenvalue weighted by Crippen LogP contribution is -2.27. The van der Waals surface area contributed by atoms with E-state index >= 15 is 0 Å². The van der Waals surface area contributed by atoms with Crippen molar-refractivity contribution in [1.82, 2.24) is 10.2 Å². The lowest BCUT2D eigenvalue weighted by molar-refractivity contribution is -0.128. The molecule has 1 aromatic heterocycles. The third-order valence-corrected chi connectivity index (χ3v) is 7.30. The molecular formula is C29H25N3O4S. The van der Waals surface area contributed by atoms with Crippen LogP contribution in [0.5, 0.6) is 0 Å². The lowest BCUT2D eigenvalue weighted by atomic mass is 10.1. The number of carbonyl (C=O) groups is 3. The second-order valence-electron chi connectivity index (χ2n) is 8.55. The van der Waals surface area contributed by atoms with Crippen LogP contribution < -0.4 is 10.6 Å². The largest absolute Gasteiger partial charge is 0.467 e. The molecule has 0 spiro atoms. The number of carbonyl (C=O) groups excluding carboxylic acids is 3. The molecule has 3 amide bonds. The van der Waals surface area contributed by atoms with Crippen LogP contribution in [0, 0.1) is 0 Å². The molecule has 0 unspecified atom stereocenters. The zero-order chi connectivity index (χ0) is 25.6.